The van der Waals surface area contributed by atoms with Crippen molar-refractivity contribution in [2.75, 3.05) is 22.4 Å². The van der Waals surface area contributed by atoms with Crippen LogP contribution in [0.5, 0.6) is 0 Å². The second-order valence-corrected chi connectivity index (χ2v) is 10.4. The molecule has 0 aliphatic rings. The van der Waals surface area contributed by atoms with Gasteiger partial charge in [0.05, 0.1) is 39.8 Å². The van der Waals surface area contributed by atoms with Gasteiger partial charge in [-0.3, -0.25) is 13.9 Å². The van der Waals surface area contributed by atoms with E-state index in [9.17, 15) is 31.2 Å². The number of carbonyl (C=O) groups is 2. The zero-order valence-electron chi connectivity index (χ0n) is 19.7. The first-order valence-electron chi connectivity index (χ1n) is 10.9. The Morgan fingerprint density at radius 1 is 1.00 bits per heavy atom. The number of anilines is 2. The van der Waals surface area contributed by atoms with Gasteiger partial charge in [0.2, 0.25) is 15.9 Å². The van der Waals surface area contributed by atoms with Gasteiger partial charge in [-0.25, -0.2) is 8.42 Å². The number of rotatable bonds is 8. The van der Waals surface area contributed by atoms with Gasteiger partial charge in [-0.05, 0) is 42.8 Å². The molecule has 0 aromatic heterocycles. The summed E-state index contributed by atoms with van der Waals surface area (Å²) in [6, 6.07) is 17.1. The van der Waals surface area contributed by atoms with Crippen LogP contribution in [0.2, 0.25) is 5.02 Å². The molecule has 0 saturated heterocycles. The highest BCUT2D eigenvalue weighted by Crippen LogP contribution is 2.36. The van der Waals surface area contributed by atoms with Crippen LogP contribution in [0.1, 0.15) is 34.5 Å². The molecule has 0 radical (unpaired) electrons. The molecule has 0 spiro atoms. The predicted octanol–water partition coefficient (Wildman–Crippen LogP) is 5.25. The number of alkyl halides is 3. The molecule has 1 unspecified atom stereocenters. The minimum atomic E-state index is -4.76. The second-order valence-electron chi connectivity index (χ2n) is 8.13. The number of hydrogen-bond donors (Lipinski definition) is 2. The highest BCUT2D eigenvalue weighted by atomic mass is 35.5. The van der Waals surface area contributed by atoms with Gasteiger partial charge in [0.15, 0.2) is 0 Å². The average molecular weight is 554 g/mol. The molecule has 3 aromatic rings. The molecule has 37 heavy (non-hydrogen) atoms. The number of para-hydroxylation sites is 1. The highest BCUT2D eigenvalue weighted by Gasteiger charge is 2.33. The van der Waals surface area contributed by atoms with E-state index in [0.29, 0.717) is 16.4 Å². The Hall–Kier alpha value is -3.57. The summed E-state index contributed by atoms with van der Waals surface area (Å²) in [6.07, 6.45) is -4.02. The largest absolute Gasteiger partial charge is 0.416 e. The van der Waals surface area contributed by atoms with Crippen molar-refractivity contribution in [2.24, 2.45) is 0 Å². The maximum Gasteiger partial charge on any atom is 0.416 e. The molecule has 3 rings (SSSR count). The van der Waals surface area contributed by atoms with Gasteiger partial charge >= 0.3 is 6.18 Å². The smallest absolute Gasteiger partial charge is 0.345 e. The summed E-state index contributed by atoms with van der Waals surface area (Å²) in [5.74, 6) is -1.39. The number of hydrogen-bond acceptors (Lipinski definition) is 4. The van der Waals surface area contributed by atoms with Crippen LogP contribution in [-0.2, 0) is 21.0 Å². The number of carbonyl (C=O) groups excluding carboxylic acids is 2. The van der Waals surface area contributed by atoms with Gasteiger partial charge in [0.1, 0.15) is 6.54 Å². The van der Waals surface area contributed by atoms with E-state index in [2.05, 4.69) is 10.6 Å². The van der Waals surface area contributed by atoms with Gasteiger partial charge in [-0.15, -0.1) is 0 Å². The van der Waals surface area contributed by atoms with Crippen molar-refractivity contribution in [3.63, 3.8) is 0 Å². The van der Waals surface area contributed by atoms with Crippen LogP contribution >= 0.6 is 11.6 Å². The average Bonchev–Trinajstić information content (AvgIpc) is 2.82. The van der Waals surface area contributed by atoms with Crippen molar-refractivity contribution in [1.29, 1.82) is 0 Å². The molecule has 0 fully saturated rings. The minimum Gasteiger partial charge on any atom is -0.345 e. The molecule has 1 atom stereocenters. The first-order valence-corrected chi connectivity index (χ1v) is 13.1. The molecule has 12 heteroatoms. The summed E-state index contributed by atoms with van der Waals surface area (Å²) in [6.45, 7) is 0.910. The number of amides is 2. The lowest BCUT2D eigenvalue weighted by atomic mass is 10.1. The fourth-order valence-corrected chi connectivity index (χ4v) is 4.60. The summed E-state index contributed by atoms with van der Waals surface area (Å²) < 4.78 is 64.9. The number of sulfonamides is 1. The van der Waals surface area contributed by atoms with Crippen LogP contribution in [0.25, 0.3) is 0 Å². The number of nitrogens with zero attached hydrogens (tertiary/aromatic N) is 1. The fraction of sp³-hybridized carbons (Fsp3) is 0.200. The third-order valence-corrected chi connectivity index (χ3v) is 6.77. The Labute approximate surface area is 217 Å². The number of halogens is 4. The van der Waals surface area contributed by atoms with Gasteiger partial charge in [0.25, 0.3) is 5.91 Å². The molecule has 0 aliphatic carbocycles. The topological polar surface area (TPSA) is 95.6 Å². The van der Waals surface area contributed by atoms with Gasteiger partial charge < -0.3 is 10.6 Å². The molecule has 0 heterocycles. The second kappa shape index (κ2) is 11.2. The predicted molar refractivity (Wildman–Crippen MR) is 136 cm³/mol. The van der Waals surface area contributed by atoms with E-state index in [4.69, 9.17) is 11.6 Å². The molecule has 2 N–H and O–H groups in total. The third kappa shape index (κ3) is 7.23. The Bertz CT molecular complexity index is 1400. The first-order chi connectivity index (χ1) is 17.3. The van der Waals surface area contributed by atoms with Crippen molar-refractivity contribution in [1.82, 2.24) is 5.32 Å². The Morgan fingerprint density at radius 3 is 2.24 bits per heavy atom. The van der Waals surface area contributed by atoms with Crippen molar-refractivity contribution < 1.29 is 31.2 Å². The first kappa shape index (κ1) is 28.0. The summed E-state index contributed by atoms with van der Waals surface area (Å²) in [7, 11) is -4.22. The van der Waals surface area contributed by atoms with Gasteiger partial charge in [-0.1, -0.05) is 54.1 Å². The van der Waals surface area contributed by atoms with Crippen LogP contribution in [0.3, 0.4) is 0 Å². The van der Waals surface area contributed by atoms with Crippen molar-refractivity contribution in [3.05, 3.63) is 94.5 Å². The van der Waals surface area contributed by atoms with Crippen molar-refractivity contribution in [3.8, 4) is 0 Å². The van der Waals surface area contributed by atoms with E-state index >= 15 is 0 Å². The normalized spacial score (nSPS) is 12.5. The molecule has 0 saturated carbocycles. The summed E-state index contributed by atoms with van der Waals surface area (Å²) in [4.78, 5) is 25.8. The molecule has 196 valence electrons. The van der Waals surface area contributed by atoms with Gasteiger partial charge in [0, 0.05) is 0 Å². The lowest BCUT2D eigenvalue weighted by Crippen LogP contribution is -2.38. The van der Waals surface area contributed by atoms with E-state index < -0.39 is 45.8 Å². The molecular weight excluding hydrogens is 531 g/mol. The van der Waals surface area contributed by atoms with E-state index in [0.717, 1.165) is 17.9 Å². The molecular formula is C25H23ClF3N3O4S. The number of nitrogens with one attached hydrogen (secondary N) is 2. The van der Waals surface area contributed by atoms with E-state index in [-0.39, 0.29) is 22.3 Å². The maximum absolute atomic E-state index is 13.2. The van der Waals surface area contributed by atoms with Crippen molar-refractivity contribution >= 4 is 44.8 Å². The molecule has 3 aromatic carbocycles. The Morgan fingerprint density at radius 2 is 1.62 bits per heavy atom. The molecule has 7 nitrogen and oxygen atoms in total. The zero-order valence-corrected chi connectivity index (χ0v) is 21.3. The molecule has 0 aliphatic heterocycles. The lowest BCUT2D eigenvalue weighted by Gasteiger charge is -2.24. The highest BCUT2D eigenvalue weighted by molar-refractivity contribution is 7.92. The van der Waals surface area contributed by atoms with Crippen LogP contribution in [0.15, 0.2) is 72.8 Å². The number of benzene rings is 3. The van der Waals surface area contributed by atoms with E-state index in [1.54, 1.807) is 19.1 Å². The SMILES string of the molecule is CC(NC(=O)c1ccccc1NC(=O)CN(c1cc(C(F)(F)F)ccc1Cl)S(C)(=O)=O)c1ccccc1. The third-order valence-electron chi connectivity index (χ3n) is 5.32. The van der Waals surface area contributed by atoms with Crippen molar-refractivity contribution in [2.45, 2.75) is 19.1 Å². The quantitative estimate of drug-likeness (QED) is 0.398. The minimum absolute atomic E-state index is 0.0915. The van der Waals surface area contributed by atoms with Crippen LogP contribution in [0.4, 0.5) is 24.5 Å². The van der Waals surface area contributed by atoms with E-state index in [1.165, 1.54) is 12.1 Å². The summed E-state index contributed by atoms with van der Waals surface area (Å²) >= 11 is 6.00. The Kier molecular flexibility index (Phi) is 8.49. The molecule has 2 amide bonds. The summed E-state index contributed by atoms with van der Waals surface area (Å²) in [5, 5.41) is 5.00. The monoisotopic (exact) mass is 553 g/mol. The maximum atomic E-state index is 13.2. The summed E-state index contributed by atoms with van der Waals surface area (Å²) in [5.41, 5.74) is -0.568. The Balaban J connectivity index is 1.83. The van der Waals surface area contributed by atoms with Crippen LogP contribution in [0, 0.1) is 0 Å². The van der Waals surface area contributed by atoms with Gasteiger partial charge in [-0.2, -0.15) is 13.2 Å². The molecule has 0 bridgehead atoms. The van der Waals surface area contributed by atoms with E-state index in [1.807, 2.05) is 30.3 Å². The standard InChI is InChI=1S/C25H23ClF3N3O4S/c1-16(17-8-4-3-5-9-17)30-24(34)19-10-6-7-11-21(19)31-23(33)15-32(37(2,35)36)22-14-18(25(27,28)29)12-13-20(22)26/h3-14,16H,15H2,1-2H3,(H,30,34)(H,31,33). The van der Waals surface area contributed by atoms with Crippen LogP contribution < -0.4 is 14.9 Å². The lowest BCUT2D eigenvalue weighted by molar-refractivity contribution is -0.137. The zero-order chi connectivity index (χ0) is 27.4. The van der Waals surface area contributed by atoms with Crippen LogP contribution in [-0.4, -0.2) is 33.0 Å². The fourth-order valence-electron chi connectivity index (χ4n) is 3.47.